The molecule has 0 radical (unpaired) electrons. The molecule has 0 spiro atoms. The van der Waals surface area contributed by atoms with Crippen LogP contribution in [0.2, 0.25) is 0 Å². The van der Waals surface area contributed by atoms with Gasteiger partial charge in [0.25, 0.3) is 0 Å². The molecule has 19 heavy (non-hydrogen) atoms. The second-order valence-electron chi connectivity index (χ2n) is 5.39. The van der Waals surface area contributed by atoms with Gasteiger partial charge in [-0.3, -0.25) is 4.79 Å². The molecular weight excluding hydrogens is 238 g/mol. The molecule has 1 aliphatic carbocycles. The van der Waals surface area contributed by atoms with Gasteiger partial charge in [0.1, 0.15) is 0 Å². The minimum Gasteiger partial charge on any atom is -0.481 e. The van der Waals surface area contributed by atoms with Crippen LogP contribution in [0.3, 0.4) is 0 Å². The van der Waals surface area contributed by atoms with E-state index >= 15 is 0 Å². The van der Waals surface area contributed by atoms with E-state index in [0.717, 1.165) is 23.9 Å². The highest BCUT2D eigenvalue weighted by molar-refractivity contribution is 5.87. The molecule has 100 valence electrons. The number of aromatic amines is 1. The average Bonchev–Trinajstić information content (AvgIpc) is 2.77. The summed E-state index contributed by atoms with van der Waals surface area (Å²) < 4.78 is 0. The molecule has 0 saturated carbocycles. The fourth-order valence-electron chi connectivity index (χ4n) is 3.19. The summed E-state index contributed by atoms with van der Waals surface area (Å²) in [6.45, 7) is 1.93. The SMILES string of the molecule is CCC(C(=O)O)c1ccc2[nH]c3c(c2c1)CCCC3. The van der Waals surface area contributed by atoms with Crippen molar-refractivity contribution >= 4 is 16.9 Å². The molecule has 1 aromatic heterocycles. The number of aromatic nitrogens is 1. The zero-order valence-electron chi connectivity index (χ0n) is 11.2. The number of carbonyl (C=O) groups is 1. The predicted molar refractivity (Wildman–Crippen MR) is 75.6 cm³/mol. The Bertz CT molecular complexity index is 627. The normalized spacial score (nSPS) is 16.3. The molecule has 0 bridgehead atoms. The maximum Gasteiger partial charge on any atom is 0.310 e. The molecular formula is C16H19NO2. The van der Waals surface area contributed by atoms with Crippen molar-refractivity contribution in [1.82, 2.24) is 4.98 Å². The quantitative estimate of drug-likeness (QED) is 0.882. The molecule has 2 aromatic rings. The van der Waals surface area contributed by atoms with Gasteiger partial charge in [-0.15, -0.1) is 0 Å². The molecule has 1 aromatic carbocycles. The van der Waals surface area contributed by atoms with Crippen molar-refractivity contribution in [3.63, 3.8) is 0 Å². The van der Waals surface area contributed by atoms with Crippen LogP contribution in [0.4, 0.5) is 0 Å². The van der Waals surface area contributed by atoms with Gasteiger partial charge in [0.15, 0.2) is 0 Å². The third-order valence-electron chi connectivity index (χ3n) is 4.23. The minimum atomic E-state index is -0.730. The number of carboxylic acid groups (broad SMARTS) is 1. The van der Waals surface area contributed by atoms with Gasteiger partial charge in [0, 0.05) is 16.6 Å². The van der Waals surface area contributed by atoms with Crippen molar-refractivity contribution in [2.75, 3.05) is 0 Å². The first-order valence-electron chi connectivity index (χ1n) is 7.07. The van der Waals surface area contributed by atoms with Crippen molar-refractivity contribution in [3.05, 3.63) is 35.0 Å². The Hall–Kier alpha value is -1.77. The van der Waals surface area contributed by atoms with E-state index in [0.29, 0.717) is 6.42 Å². The molecule has 1 unspecified atom stereocenters. The van der Waals surface area contributed by atoms with Crippen molar-refractivity contribution in [3.8, 4) is 0 Å². The number of hydrogen-bond acceptors (Lipinski definition) is 1. The van der Waals surface area contributed by atoms with Crippen LogP contribution in [0, 0.1) is 0 Å². The van der Waals surface area contributed by atoms with Gasteiger partial charge in [-0.25, -0.2) is 0 Å². The summed E-state index contributed by atoms with van der Waals surface area (Å²) in [6, 6.07) is 6.07. The van der Waals surface area contributed by atoms with E-state index in [1.165, 1.54) is 29.5 Å². The summed E-state index contributed by atoms with van der Waals surface area (Å²) in [4.78, 5) is 14.8. The summed E-state index contributed by atoms with van der Waals surface area (Å²) in [6.07, 6.45) is 5.35. The van der Waals surface area contributed by atoms with Crippen LogP contribution in [-0.2, 0) is 17.6 Å². The average molecular weight is 257 g/mol. The zero-order chi connectivity index (χ0) is 13.4. The van der Waals surface area contributed by atoms with Gasteiger partial charge in [-0.2, -0.15) is 0 Å². The lowest BCUT2D eigenvalue weighted by Gasteiger charge is -2.12. The summed E-state index contributed by atoms with van der Waals surface area (Å²) in [5.74, 6) is -1.12. The van der Waals surface area contributed by atoms with Gasteiger partial charge in [-0.05, 0) is 55.4 Å². The number of hydrogen-bond donors (Lipinski definition) is 2. The second kappa shape index (κ2) is 4.72. The van der Waals surface area contributed by atoms with Crippen LogP contribution in [0.1, 0.15) is 48.9 Å². The number of rotatable bonds is 3. The van der Waals surface area contributed by atoms with Gasteiger partial charge in [-0.1, -0.05) is 13.0 Å². The number of H-pyrrole nitrogens is 1. The van der Waals surface area contributed by atoms with E-state index in [4.69, 9.17) is 0 Å². The van der Waals surface area contributed by atoms with Crippen LogP contribution in [-0.4, -0.2) is 16.1 Å². The molecule has 2 N–H and O–H groups in total. The number of carboxylic acids is 1. The molecule has 0 saturated heterocycles. The summed E-state index contributed by atoms with van der Waals surface area (Å²) >= 11 is 0. The fourth-order valence-corrected chi connectivity index (χ4v) is 3.19. The molecule has 3 rings (SSSR count). The number of aliphatic carboxylic acids is 1. The number of nitrogens with one attached hydrogen (secondary N) is 1. The predicted octanol–water partition coefficient (Wildman–Crippen LogP) is 3.62. The molecule has 0 amide bonds. The molecule has 0 fully saturated rings. The van der Waals surface area contributed by atoms with Gasteiger partial charge in [0.05, 0.1) is 5.92 Å². The molecule has 3 heteroatoms. The number of fused-ring (bicyclic) bond motifs is 3. The third kappa shape index (κ3) is 2.03. The zero-order valence-corrected chi connectivity index (χ0v) is 11.2. The summed E-state index contributed by atoms with van der Waals surface area (Å²) in [5, 5.41) is 10.5. The van der Waals surface area contributed by atoms with Gasteiger partial charge < -0.3 is 10.1 Å². The van der Waals surface area contributed by atoms with Crippen molar-refractivity contribution < 1.29 is 9.90 Å². The van der Waals surface area contributed by atoms with Gasteiger partial charge in [0.2, 0.25) is 0 Å². The highest BCUT2D eigenvalue weighted by atomic mass is 16.4. The van der Waals surface area contributed by atoms with Crippen LogP contribution >= 0.6 is 0 Å². The van der Waals surface area contributed by atoms with E-state index in [1.807, 2.05) is 19.1 Å². The fraction of sp³-hybridized carbons (Fsp3) is 0.438. The van der Waals surface area contributed by atoms with Crippen molar-refractivity contribution in [2.45, 2.75) is 44.9 Å². The lowest BCUT2D eigenvalue weighted by Crippen LogP contribution is -2.10. The summed E-state index contributed by atoms with van der Waals surface area (Å²) in [5.41, 5.74) is 4.83. The Kier molecular flexibility index (Phi) is 3.05. The highest BCUT2D eigenvalue weighted by Gasteiger charge is 2.20. The Morgan fingerprint density at radius 2 is 2.16 bits per heavy atom. The smallest absolute Gasteiger partial charge is 0.310 e. The van der Waals surface area contributed by atoms with Crippen molar-refractivity contribution in [1.29, 1.82) is 0 Å². The number of benzene rings is 1. The second-order valence-corrected chi connectivity index (χ2v) is 5.39. The molecule has 1 aliphatic rings. The Labute approximate surface area is 112 Å². The highest BCUT2D eigenvalue weighted by Crippen LogP contribution is 2.32. The van der Waals surface area contributed by atoms with Crippen LogP contribution in [0.5, 0.6) is 0 Å². The molecule has 3 nitrogen and oxygen atoms in total. The first-order valence-corrected chi connectivity index (χ1v) is 7.07. The maximum absolute atomic E-state index is 11.3. The molecule has 0 aliphatic heterocycles. The Morgan fingerprint density at radius 1 is 1.37 bits per heavy atom. The van der Waals surface area contributed by atoms with Crippen LogP contribution in [0.25, 0.3) is 10.9 Å². The molecule has 1 atom stereocenters. The summed E-state index contributed by atoms with van der Waals surface area (Å²) in [7, 11) is 0. The Balaban J connectivity index is 2.11. The van der Waals surface area contributed by atoms with Crippen LogP contribution < -0.4 is 0 Å². The lowest BCUT2D eigenvalue weighted by atomic mass is 9.92. The van der Waals surface area contributed by atoms with E-state index in [9.17, 15) is 9.90 Å². The van der Waals surface area contributed by atoms with E-state index < -0.39 is 11.9 Å². The lowest BCUT2D eigenvalue weighted by molar-refractivity contribution is -0.138. The molecule has 1 heterocycles. The minimum absolute atomic E-state index is 0.390. The largest absolute Gasteiger partial charge is 0.481 e. The first kappa shape index (κ1) is 12.3. The Morgan fingerprint density at radius 3 is 2.89 bits per heavy atom. The van der Waals surface area contributed by atoms with Crippen LogP contribution in [0.15, 0.2) is 18.2 Å². The van der Waals surface area contributed by atoms with Gasteiger partial charge >= 0.3 is 5.97 Å². The number of aryl methyl sites for hydroxylation is 2. The maximum atomic E-state index is 11.3. The monoisotopic (exact) mass is 257 g/mol. The third-order valence-corrected chi connectivity index (χ3v) is 4.23. The first-order chi connectivity index (χ1) is 9.20. The van der Waals surface area contributed by atoms with E-state index in [2.05, 4.69) is 11.1 Å². The topological polar surface area (TPSA) is 53.1 Å². The standard InChI is InChI=1S/C16H19NO2/c1-2-11(16(18)19)10-7-8-15-13(9-10)12-5-3-4-6-14(12)17-15/h7-9,11,17H,2-6H2,1H3,(H,18,19). The van der Waals surface area contributed by atoms with E-state index in [-0.39, 0.29) is 0 Å². The van der Waals surface area contributed by atoms with E-state index in [1.54, 1.807) is 0 Å². The van der Waals surface area contributed by atoms with Crippen molar-refractivity contribution in [2.24, 2.45) is 0 Å².